The van der Waals surface area contributed by atoms with Crippen LogP contribution in [-0.2, 0) is 6.42 Å². The van der Waals surface area contributed by atoms with Gasteiger partial charge in [0.15, 0.2) is 5.69 Å². The number of anilines is 1. The van der Waals surface area contributed by atoms with Crippen LogP contribution in [0.5, 0.6) is 0 Å². The second kappa shape index (κ2) is 4.44. The molecule has 6 heteroatoms. The number of rotatable bonds is 3. The van der Waals surface area contributed by atoms with Gasteiger partial charge in [-0.25, -0.2) is 14.8 Å². The van der Waals surface area contributed by atoms with Crippen molar-refractivity contribution in [3.63, 3.8) is 0 Å². The van der Waals surface area contributed by atoms with Gasteiger partial charge in [0.05, 0.1) is 0 Å². The Morgan fingerprint density at radius 3 is 2.60 bits per heavy atom. The van der Waals surface area contributed by atoms with E-state index >= 15 is 0 Å². The number of nitrogens with two attached hydrogens (primary N) is 1. The fourth-order valence-corrected chi connectivity index (χ4v) is 1.49. The number of hydrogen-bond acceptors (Lipinski definition) is 4. The standard InChI is InChI=1S/C9H12ClN3O2/c1-4(2)3-5-6(8(14)15)12-9(11)13-7(5)10/h4H,3H2,1-2H3,(H,14,15)(H2,11,12,13). The quantitative estimate of drug-likeness (QED) is 0.769. The number of carbonyl (C=O) groups is 1. The molecule has 0 unspecified atom stereocenters. The molecule has 1 aromatic heterocycles. The van der Waals surface area contributed by atoms with E-state index < -0.39 is 5.97 Å². The Labute approximate surface area is 92.3 Å². The SMILES string of the molecule is CC(C)Cc1c(Cl)nc(N)nc1C(=O)O. The first-order valence-corrected chi connectivity index (χ1v) is 4.84. The minimum Gasteiger partial charge on any atom is -0.476 e. The number of carboxylic acid groups (broad SMARTS) is 1. The van der Waals surface area contributed by atoms with Crippen LogP contribution in [0.25, 0.3) is 0 Å². The molecular formula is C9H12ClN3O2. The van der Waals surface area contributed by atoms with E-state index in [1.54, 1.807) is 0 Å². The zero-order valence-corrected chi connectivity index (χ0v) is 9.25. The van der Waals surface area contributed by atoms with Crippen LogP contribution in [-0.4, -0.2) is 21.0 Å². The molecule has 0 aliphatic heterocycles. The third kappa shape index (κ3) is 2.79. The predicted molar refractivity (Wildman–Crippen MR) is 57.0 cm³/mol. The van der Waals surface area contributed by atoms with Gasteiger partial charge in [-0.05, 0) is 12.3 Å². The molecule has 0 aromatic carbocycles. The second-order valence-electron chi connectivity index (χ2n) is 3.60. The van der Waals surface area contributed by atoms with Crippen LogP contribution < -0.4 is 5.73 Å². The minimum atomic E-state index is -1.14. The van der Waals surface area contributed by atoms with Gasteiger partial charge in [-0.1, -0.05) is 25.4 Å². The predicted octanol–water partition coefficient (Wildman–Crippen LogP) is 1.61. The number of hydrogen-bond donors (Lipinski definition) is 2. The molecule has 0 fully saturated rings. The highest BCUT2D eigenvalue weighted by Gasteiger charge is 2.18. The van der Waals surface area contributed by atoms with Crippen molar-refractivity contribution in [2.75, 3.05) is 5.73 Å². The van der Waals surface area contributed by atoms with Gasteiger partial charge in [0.1, 0.15) is 5.15 Å². The van der Waals surface area contributed by atoms with Crippen molar-refractivity contribution in [1.82, 2.24) is 9.97 Å². The molecule has 0 atom stereocenters. The Morgan fingerprint density at radius 1 is 1.53 bits per heavy atom. The van der Waals surface area contributed by atoms with Crippen molar-refractivity contribution in [1.29, 1.82) is 0 Å². The first-order valence-electron chi connectivity index (χ1n) is 4.47. The third-order valence-corrected chi connectivity index (χ3v) is 2.10. The molecule has 82 valence electrons. The lowest BCUT2D eigenvalue weighted by Gasteiger charge is -2.09. The van der Waals surface area contributed by atoms with Gasteiger partial charge in [-0.15, -0.1) is 0 Å². The lowest BCUT2D eigenvalue weighted by atomic mass is 10.0. The molecule has 1 heterocycles. The molecule has 1 rings (SSSR count). The largest absolute Gasteiger partial charge is 0.476 e. The fraction of sp³-hybridized carbons (Fsp3) is 0.444. The summed E-state index contributed by atoms with van der Waals surface area (Å²) in [6.45, 7) is 3.91. The maximum Gasteiger partial charge on any atom is 0.355 e. The number of aromatic carboxylic acids is 1. The monoisotopic (exact) mass is 229 g/mol. The van der Waals surface area contributed by atoms with Gasteiger partial charge >= 0.3 is 5.97 Å². The van der Waals surface area contributed by atoms with Gasteiger partial charge in [0, 0.05) is 5.56 Å². The Hall–Kier alpha value is -1.36. The van der Waals surface area contributed by atoms with E-state index in [4.69, 9.17) is 22.4 Å². The average Bonchev–Trinajstić information content (AvgIpc) is 2.08. The van der Waals surface area contributed by atoms with Gasteiger partial charge in [-0.3, -0.25) is 0 Å². The van der Waals surface area contributed by atoms with Crippen LogP contribution in [0.2, 0.25) is 5.15 Å². The summed E-state index contributed by atoms with van der Waals surface area (Å²) in [7, 11) is 0. The molecule has 0 saturated heterocycles. The van der Waals surface area contributed by atoms with Crippen LogP contribution in [0.4, 0.5) is 5.95 Å². The molecule has 0 bridgehead atoms. The highest BCUT2D eigenvalue weighted by molar-refractivity contribution is 6.30. The molecule has 0 radical (unpaired) electrons. The molecule has 15 heavy (non-hydrogen) atoms. The number of nitrogens with zero attached hydrogens (tertiary/aromatic N) is 2. The smallest absolute Gasteiger partial charge is 0.355 e. The summed E-state index contributed by atoms with van der Waals surface area (Å²) in [6, 6.07) is 0. The van der Waals surface area contributed by atoms with E-state index in [0.717, 1.165) is 0 Å². The first-order chi connectivity index (χ1) is 6.91. The molecule has 0 spiro atoms. The zero-order chi connectivity index (χ0) is 11.6. The summed E-state index contributed by atoms with van der Waals surface area (Å²) in [5.74, 6) is -0.987. The summed E-state index contributed by atoms with van der Waals surface area (Å²) >= 11 is 5.83. The van der Waals surface area contributed by atoms with Crippen LogP contribution in [0, 0.1) is 5.92 Å². The molecule has 0 aliphatic rings. The van der Waals surface area contributed by atoms with Crippen molar-refractivity contribution < 1.29 is 9.90 Å². The topological polar surface area (TPSA) is 89.1 Å². The Morgan fingerprint density at radius 2 is 2.13 bits per heavy atom. The summed E-state index contributed by atoms with van der Waals surface area (Å²) < 4.78 is 0. The molecule has 3 N–H and O–H groups in total. The molecule has 5 nitrogen and oxygen atoms in total. The molecule has 1 aromatic rings. The van der Waals surface area contributed by atoms with Crippen molar-refractivity contribution in [3.8, 4) is 0 Å². The number of carboxylic acids is 1. The van der Waals surface area contributed by atoms with Crippen LogP contribution in [0.1, 0.15) is 29.9 Å². The number of halogens is 1. The lowest BCUT2D eigenvalue weighted by molar-refractivity contribution is 0.0689. The lowest BCUT2D eigenvalue weighted by Crippen LogP contribution is -2.12. The van der Waals surface area contributed by atoms with Crippen LogP contribution in [0.15, 0.2) is 0 Å². The Bertz CT molecular complexity index is 393. The molecule has 0 aliphatic carbocycles. The van der Waals surface area contributed by atoms with E-state index in [1.807, 2.05) is 13.8 Å². The van der Waals surface area contributed by atoms with E-state index in [9.17, 15) is 4.79 Å². The fourth-order valence-electron chi connectivity index (χ4n) is 1.24. The van der Waals surface area contributed by atoms with Gasteiger partial charge < -0.3 is 10.8 Å². The van der Waals surface area contributed by atoms with Gasteiger partial charge in [0.2, 0.25) is 5.95 Å². The Balaban J connectivity index is 3.27. The van der Waals surface area contributed by atoms with E-state index in [2.05, 4.69) is 9.97 Å². The van der Waals surface area contributed by atoms with Crippen molar-refractivity contribution in [3.05, 3.63) is 16.4 Å². The van der Waals surface area contributed by atoms with E-state index in [0.29, 0.717) is 12.0 Å². The highest BCUT2D eigenvalue weighted by Crippen LogP contribution is 2.21. The normalized spacial score (nSPS) is 10.7. The van der Waals surface area contributed by atoms with Crippen molar-refractivity contribution >= 4 is 23.5 Å². The molecular weight excluding hydrogens is 218 g/mol. The maximum atomic E-state index is 10.9. The summed E-state index contributed by atoms with van der Waals surface area (Å²) in [4.78, 5) is 18.3. The summed E-state index contributed by atoms with van der Waals surface area (Å²) in [5, 5.41) is 9.04. The number of nitrogen functional groups attached to an aromatic ring is 1. The minimum absolute atomic E-state index is 0.110. The number of aromatic nitrogens is 2. The van der Waals surface area contributed by atoms with Gasteiger partial charge in [-0.2, -0.15) is 0 Å². The average molecular weight is 230 g/mol. The molecule has 0 amide bonds. The second-order valence-corrected chi connectivity index (χ2v) is 3.96. The Kier molecular flexibility index (Phi) is 3.47. The van der Waals surface area contributed by atoms with Gasteiger partial charge in [0.25, 0.3) is 0 Å². The summed E-state index contributed by atoms with van der Waals surface area (Å²) in [6.07, 6.45) is 0.515. The van der Waals surface area contributed by atoms with E-state index in [1.165, 1.54) is 0 Å². The highest BCUT2D eigenvalue weighted by atomic mass is 35.5. The third-order valence-electron chi connectivity index (χ3n) is 1.79. The summed E-state index contributed by atoms with van der Waals surface area (Å²) in [5.41, 5.74) is 5.66. The zero-order valence-electron chi connectivity index (χ0n) is 8.49. The molecule has 0 saturated carbocycles. The first kappa shape index (κ1) is 11.7. The van der Waals surface area contributed by atoms with Crippen LogP contribution in [0.3, 0.4) is 0 Å². The van der Waals surface area contributed by atoms with Crippen LogP contribution >= 0.6 is 11.6 Å². The van der Waals surface area contributed by atoms with E-state index in [-0.39, 0.29) is 22.7 Å². The van der Waals surface area contributed by atoms with Crippen molar-refractivity contribution in [2.45, 2.75) is 20.3 Å². The van der Waals surface area contributed by atoms with Crippen molar-refractivity contribution in [2.24, 2.45) is 5.92 Å². The maximum absolute atomic E-state index is 10.9.